The van der Waals surface area contributed by atoms with E-state index in [1.807, 2.05) is 31.2 Å². The van der Waals surface area contributed by atoms with Crippen molar-refractivity contribution in [1.29, 1.82) is 0 Å². The number of amides is 2. The smallest absolute Gasteiger partial charge is 0.307 e. The quantitative estimate of drug-likeness (QED) is 0.770. The number of nitrogens with one attached hydrogen (secondary N) is 1. The van der Waals surface area contributed by atoms with E-state index in [1.54, 1.807) is 6.07 Å². The van der Waals surface area contributed by atoms with Crippen LogP contribution in [0.25, 0.3) is 0 Å². The predicted octanol–water partition coefficient (Wildman–Crippen LogP) is 5.32. The molecule has 1 heterocycles. The highest BCUT2D eigenvalue weighted by Gasteiger charge is 2.27. The first kappa shape index (κ1) is 17.8. The minimum absolute atomic E-state index is 0.0120. The van der Waals surface area contributed by atoms with Crippen LogP contribution in [0.3, 0.4) is 0 Å². The summed E-state index contributed by atoms with van der Waals surface area (Å²) in [5.74, 6) is -0.581. The summed E-state index contributed by atoms with van der Waals surface area (Å²) in [6, 6.07) is 11.4. The highest BCUT2D eigenvalue weighted by atomic mass is 35.5. The summed E-state index contributed by atoms with van der Waals surface area (Å²) in [4.78, 5) is 18.8. The van der Waals surface area contributed by atoms with Crippen molar-refractivity contribution in [3.63, 3.8) is 0 Å². The van der Waals surface area contributed by atoms with Crippen LogP contribution in [-0.4, -0.2) is 23.0 Å². The van der Waals surface area contributed by atoms with Crippen LogP contribution in [0.15, 0.2) is 47.5 Å². The molecule has 0 radical (unpaired) electrons. The fraction of sp³-hybridized carbons (Fsp3) is 0.222. The number of aryl methyl sites for hydroxylation is 1. The summed E-state index contributed by atoms with van der Waals surface area (Å²) in [6.07, 6.45) is 0. The van der Waals surface area contributed by atoms with Crippen molar-refractivity contribution in [1.82, 2.24) is 0 Å². The number of carbonyl (C=O) groups excluding carboxylic acids is 1. The van der Waals surface area contributed by atoms with Gasteiger partial charge in [0.1, 0.15) is 5.82 Å². The summed E-state index contributed by atoms with van der Waals surface area (Å²) in [7, 11) is 0. The summed E-state index contributed by atoms with van der Waals surface area (Å²) >= 11 is 7.23. The predicted molar refractivity (Wildman–Crippen MR) is 103 cm³/mol. The first-order valence-electron chi connectivity index (χ1n) is 7.78. The fourth-order valence-corrected chi connectivity index (χ4v) is 3.42. The van der Waals surface area contributed by atoms with Crippen molar-refractivity contribution in [2.75, 3.05) is 16.8 Å². The fourth-order valence-electron chi connectivity index (χ4n) is 2.35. The number of hydrogen-bond acceptors (Lipinski definition) is 3. The highest BCUT2D eigenvalue weighted by Crippen LogP contribution is 2.28. The van der Waals surface area contributed by atoms with Gasteiger partial charge in [0, 0.05) is 10.9 Å². The topological polar surface area (TPSA) is 44.7 Å². The molecule has 0 saturated heterocycles. The average Bonchev–Trinajstić information content (AvgIpc) is 2.99. The molecule has 1 aliphatic rings. The van der Waals surface area contributed by atoms with Crippen molar-refractivity contribution in [2.45, 2.75) is 19.1 Å². The molecule has 130 valence electrons. The first-order chi connectivity index (χ1) is 11.9. The molecule has 0 aromatic heterocycles. The van der Waals surface area contributed by atoms with Gasteiger partial charge in [0.25, 0.3) is 0 Å². The van der Waals surface area contributed by atoms with Crippen molar-refractivity contribution in [3.8, 4) is 0 Å². The van der Waals surface area contributed by atoms with Crippen LogP contribution < -0.4 is 10.2 Å². The highest BCUT2D eigenvalue weighted by molar-refractivity contribution is 8.15. The van der Waals surface area contributed by atoms with Gasteiger partial charge >= 0.3 is 6.03 Å². The number of benzene rings is 2. The monoisotopic (exact) mass is 377 g/mol. The summed E-state index contributed by atoms with van der Waals surface area (Å²) in [6.45, 7) is 4.70. The number of rotatable bonds is 2. The van der Waals surface area contributed by atoms with Crippen LogP contribution >= 0.6 is 23.4 Å². The molecule has 1 unspecified atom stereocenters. The number of urea groups is 1. The second kappa shape index (κ2) is 7.45. The van der Waals surface area contributed by atoms with Crippen LogP contribution in [-0.2, 0) is 0 Å². The third-order valence-corrected chi connectivity index (χ3v) is 5.03. The molecule has 25 heavy (non-hydrogen) atoms. The Bertz CT molecular complexity index is 826. The maximum absolute atomic E-state index is 13.6. The Hall–Kier alpha value is -2.05. The zero-order valence-corrected chi connectivity index (χ0v) is 15.4. The molecule has 0 aliphatic carbocycles. The lowest BCUT2D eigenvalue weighted by Crippen LogP contribution is -2.38. The summed E-state index contributed by atoms with van der Waals surface area (Å²) < 4.78 is 13.6. The number of nitrogens with zero attached hydrogens (tertiary/aromatic N) is 2. The number of hydrogen-bond donors (Lipinski definition) is 1. The molecule has 1 atom stereocenters. The second-order valence-electron chi connectivity index (χ2n) is 5.78. The van der Waals surface area contributed by atoms with Gasteiger partial charge in [-0.2, -0.15) is 0 Å². The molecule has 0 fully saturated rings. The number of aliphatic imine (C=N–C) groups is 1. The molecule has 4 nitrogen and oxygen atoms in total. The lowest BCUT2D eigenvalue weighted by atomic mass is 10.2. The van der Waals surface area contributed by atoms with Crippen molar-refractivity contribution < 1.29 is 9.18 Å². The van der Waals surface area contributed by atoms with E-state index in [9.17, 15) is 9.18 Å². The zero-order valence-electron chi connectivity index (χ0n) is 13.8. The lowest BCUT2D eigenvalue weighted by molar-refractivity contribution is 0.259. The molecule has 2 amide bonds. The molecular weight excluding hydrogens is 361 g/mol. The van der Waals surface area contributed by atoms with Gasteiger partial charge in [0.05, 0.1) is 17.3 Å². The lowest BCUT2D eigenvalue weighted by Gasteiger charge is -2.23. The number of thioether (sulfide) groups is 1. The zero-order chi connectivity index (χ0) is 18.0. The van der Waals surface area contributed by atoms with Gasteiger partial charge in [-0.1, -0.05) is 48.0 Å². The van der Waals surface area contributed by atoms with Crippen molar-refractivity contribution in [3.05, 3.63) is 58.9 Å². The maximum Gasteiger partial charge on any atom is 0.332 e. The van der Waals surface area contributed by atoms with E-state index in [4.69, 9.17) is 11.6 Å². The molecule has 7 heteroatoms. The first-order valence-corrected chi connectivity index (χ1v) is 9.04. The number of carbonyl (C=O) groups is 1. The van der Waals surface area contributed by atoms with E-state index in [0.717, 1.165) is 5.56 Å². The van der Waals surface area contributed by atoms with E-state index in [2.05, 4.69) is 17.2 Å². The van der Waals surface area contributed by atoms with E-state index in [-0.39, 0.29) is 5.02 Å². The van der Waals surface area contributed by atoms with Crippen LogP contribution in [0, 0.1) is 12.7 Å². The van der Waals surface area contributed by atoms with Crippen LogP contribution in [0.2, 0.25) is 5.02 Å². The van der Waals surface area contributed by atoms with Gasteiger partial charge in [-0.3, -0.25) is 4.99 Å². The van der Waals surface area contributed by atoms with E-state index in [0.29, 0.717) is 28.3 Å². The van der Waals surface area contributed by atoms with E-state index < -0.39 is 11.8 Å². The van der Waals surface area contributed by atoms with Gasteiger partial charge in [-0.25, -0.2) is 14.1 Å². The Morgan fingerprint density at radius 1 is 1.32 bits per heavy atom. The van der Waals surface area contributed by atoms with Gasteiger partial charge in [0.15, 0.2) is 5.17 Å². The molecule has 1 N–H and O–H groups in total. The third-order valence-electron chi connectivity index (χ3n) is 3.65. The third kappa shape index (κ3) is 4.14. The largest absolute Gasteiger partial charge is 0.332 e. The molecule has 2 aromatic carbocycles. The van der Waals surface area contributed by atoms with Gasteiger partial charge in [0.2, 0.25) is 0 Å². The minimum atomic E-state index is -0.581. The van der Waals surface area contributed by atoms with E-state index >= 15 is 0 Å². The van der Waals surface area contributed by atoms with Gasteiger partial charge < -0.3 is 5.32 Å². The average molecular weight is 378 g/mol. The van der Waals surface area contributed by atoms with Crippen molar-refractivity contribution >= 4 is 45.9 Å². The minimum Gasteiger partial charge on any atom is -0.307 e. The van der Waals surface area contributed by atoms with Crippen LogP contribution in [0.4, 0.5) is 20.6 Å². The maximum atomic E-state index is 13.6. The molecule has 0 bridgehead atoms. The second-order valence-corrected chi connectivity index (χ2v) is 7.59. The SMILES string of the molecule is Cc1ccc(N(C(=O)Nc2ccc(Cl)c(F)c2)C2=NCC(C)S2)cc1. The number of amidine groups is 1. The summed E-state index contributed by atoms with van der Waals surface area (Å²) in [5, 5.41) is 3.66. The molecular formula is C18H17ClFN3OS. The Morgan fingerprint density at radius 3 is 2.64 bits per heavy atom. The molecule has 2 aromatic rings. The van der Waals surface area contributed by atoms with Gasteiger partial charge in [-0.05, 0) is 37.3 Å². The summed E-state index contributed by atoms with van der Waals surface area (Å²) in [5.41, 5.74) is 2.14. The Kier molecular flexibility index (Phi) is 5.30. The molecule has 0 saturated carbocycles. The molecule has 1 aliphatic heterocycles. The van der Waals surface area contributed by atoms with Crippen molar-refractivity contribution in [2.24, 2.45) is 4.99 Å². The van der Waals surface area contributed by atoms with Crippen LogP contribution in [0.5, 0.6) is 0 Å². The van der Waals surface area contributed by atoms with Crippen LogP contribution in [0.1, 0.15) is 12.5 Å². The Labute approximate surface area is 155 Å². The molecule has 0 spiro atoms. The number of anilines is 2. The standard InChI is InChI=1S/C18H17ClFN3OS/c1-11-3-6-14(7-4-11)23(18-21-10-12(2)25-18)17(24)22-13-5-8-15(19)16(20)9-13/h3-9,12H,10H2,1-2H3,(H,22,24). The normalized spacial score (nSPS) is 16.5. The number of halogens is 2. The van der Waals surface area contributed by atoms with Gasteiger partial charge in [-0.15, -0.1) is 0 Å². The Morgan fingerprint density at radius 2 is 2.04 bits per heavy atom. The molecule has 3 rings (SSSR count). The van der Waals surface area contributed by atoms with E-state index in [1.165, 1.54) is 28.8 Å². The Balaban J connectivity index is 1.89.